The molecule has 1 amide bonds. The van der Waals surface area contributed by atoms with Gasteiger partial charge < -0.3 is 14.8 Å². The van der Waals surface area contributed by atoms with E-state index < -0.39 is 15.9 Å². The molecule has 2 aromatic rings. The van der Waals surface area contributed by atoms with Gasteiger partial charge in [-0.05, 0) is 43.2 Å². The molecule has 0 unspecified atom stereocenters. The first-order chi connectivity index (χ1) is 13.9. The minimum atomic E-state index is -3.56. The van der Waals surface area contributed by atoms with Crippen LogP contribution in [0.2, 0.25) is 5.02 Å². The molecule has 154 valence electrons. The normalized spacial score (nSPS) is 17.0. The molecule has 7 nitrogen and oxygen atoms in total. The lowest BCUT2D eigenvalue weighted by Gasteiger charge is -2.16. The Morgan fingerprint density at radius 3 is 2.59 bits per heavy atom. The molecule has 0 aliphatic carbocycles. The van der Waals surface area contributed by atoms with Crippen LogP contribution in [-0.2, 0) is 10.0 Å². The van der Waals surface area contributed by atoms with Crippen molar-refractivity contribution in [1.29, 1.82) is 0 Å². The first kappa shape index (κ1) is 20.0. The number of nitrogens with zero attached hydrogens (tertiary/aromatic N) is 1. The zero-order chi connectivity index (χ0) is 20.4. The summed E-state index contributed by atoms with van der Waals surface area (Å²) in [6, 6.07) is 9.34. The lowest BCUT2D eigenvalue weighted by atomic mass is 10.1. The van der Waals surface area contributed by atoms with Crippen molar-refractivity contribution in [3.8, 4) is 11.5 Å². The van der Waals surface area contributed by atoms with E-state index in [2.05, 4.69) is 5.32 Å². The van der Waals surface area contributed by atoms with E-state index in [1.165, 1.54) is 22.5 Å². The fourth-order valence-corrected chi connectivity index (χ4v) is 5.21. The van der Waals surface area contributed by atoms with Crippen molar-refractivity contribution in [1.82, 2.24) is 4.31 Å². The van der Waals surface area contributed by atoms with Gasteiger partial charge in [0.05, 0.1) is 23.1 Å². The molecule has 0 atom stereocenters. The maximum absolute atomic E-state index is 12.7. The fraction of sp³-hybridized carbons (Fsp3) is 0.350. The molecule has 2 aliphatic rings. The minimum absolute atomic E-state index is 0.161. The molecule has 0 bridgehead atoms. The number of ether oxygens (including phenoxy) is 2. The quantitative estimate of drug-likeness (QED) is 0.792. The van der Waals surface area contributed by atoms with Gasteiger partial charge in [0.2, 0.25) is 10.0 Å². The maximum atomic E-state index is 12.7. The van der Waals surface area contributed by atoms with Gasteiger partial charge in [0.15, 0.2) is 11.5 Å². The van der Waals surface area contributed by atoms with Crippen LogP contribution in [-0.4, -0.2) is 44.9 Å². The van der Waals surface area contributed by atoms with Gasteiger partial charge in [-0.2, -0.15) is 4.31 Å². The van der Waals surface area contributed by atoms with Crippen molar-refractivity contribution in [3.63, 3.8) is 0 Å². The van der Waals surface area contributed by atoms with Gasteiger partial charge in [-0.15, -0.1) is 0 Å². The van der Waals surface area contributed by atoms with Crippen LogP contribution in [0.3, 0.4) is 0 Å². The summed E-state index contributed by atoms with van der Waals surface area (Å²) in [5.74, 6) is 0.434. The van der Waals surface area contributed by atoms with Crippen molar-refractivity contribution in [2.45, 2.75) is 24.2 Å². The van der Waals surface area contributed by atoms with Crippen LogP contribution in [0.15, 0.2) is 41.3 Å². The minimum Gasteiger partial charge on any atom is -0.489 e. The van der Waals surface area contributed by atoms with Crippen LogP contribution in [0.25, 0.3) is 0 Å². The molecule has 1 fully saturated rings. The smallest absolute Gasteiger partial charge is 0.255 e. The molecular formula is C20H21ClN2O5S. The number of carbonyl (C=O) groups excluding carboxylic acids is 1. The van der Waals surface area contributed by atoms with E-state index in [9.17, 15) is 13.2 Å². The summed E-state index contributed by atoms with van der Waals surface area (Å²) < 4.78 is 38.2. The van der Waals surface area contributed by atoms with Crippen molar-refractivity contribution in [2.75, 3.05) is 31.6 Å². The summed E-state index contributed by atoms with van der Waals surface area (Å²) >= 11 is 6.25. The second kappa shape index (κ2) is 8.22. The highest BCUT2D eigenvalue weighted by molar-refractivity contribution is 7.89. The average Bonchev–Trinajstić information content (AvgIpc) is 3.15. The number of anilines is 1. The lowest BCUT2D eigenvalue weighted by Crippen LogP contribution is -2.27. The van der Waals surface area contributed by atoms with E-state index in [4.69, 9.17) is 21.1 Å². The van der Waals surface area contributed by atoms with Gasteiger partial charge in [-0.1, -0.05) is 17.7 Å². The molecule has 29 heavy (non-hydrogen) atoms. The van der Waals surface area contributed by atoms with Crippen molar-refractivity contribution in [2.24, 2.45) is 0 Å². The molecule has 0 saturated carbocycles. The lowest BCUT2D eigenvalue weighted by molar-refractivity contribution is 0.102. The van der Waals surface area contributed by atoms with E-state index in [-0.39, 0.29) is 4.90 Å². The first-order valence-corrected chi connectivity index (χ1v) is 11.3. The van der Waals surface area contributed by atoms with Gasteiger partial charge in [-0.3, -0.25) is 4.79 Å². The zero-order valence-electron chi connectivity index (χ0n) is 15.7. The highest BCUT2D eigenvalue weighted by Crippen LogP contribution is 2.38. The molecule has 2 aromatic carbocycles. The Morgan fingerprint density at radius 1 is 1.03 bits per heavy atom. The molecule has 0 radical (unpaired) electrons. The summed E-state index contributed by atoms with van der Waals surface area (Å²) in [7, 11) is -3.56. The number of nitrogens with one attached hydrogen (secondary N) is 1. The molecular weight excluding hydrogens is 416 g/mol. The molecule has 2 aliphatic heterocycles. The highest BCUT2D eigenvalue weighted by Gasteiger charge is 2.27. The van der Waals surface area contributed by atoms with E-state index in [0.29, 0.717) is 54.1 Å². The number of sulfonamides is 1. The van der Waals surface area contributed by atoms with Gasteiger partial charge in [0, 0.05) is 30.8 Å². The first-order valence-electron chi connectivity index (χ1n) is 9.46. The number of hydrogen-bond acceptors (Lipinski definition) is 5. The number of benzene rings is 2. The molecule has 9 heteroatoms. The van der Waals surface area contributed by atoms with E-state index in [1.54, 1.807) is 18.2 Å². The Balaban J connectivity index is 1.56. The number of rotatable bonds is 4. The maximum Gasteiger partial charge on any atom is 0.255 e. The molecule has 4 rings (SSSR count). The van der Waals surface area contributed by atoms with Crippen LogP contribution >= 0.6 is 11.6 Å². The van der Waals surface area contributed by atoms with E-state index in [0.717, 1.165) is 19.3 Å². The Hall–Kier alpha value is -2.29. The van der Waals surface area contributed by atoms with E-state index >= 15 is 0 Å². The summed E-state index contributed by atoms with van der Waals surface area (Å²) in [6.07, 6.45) is 2.45. The number of halogens is 1. The van der Waals surface area contributed by atoms with Crippen LogP contribution in [0, 0.1) is 0 Å². The van der Waals surface area contributed by atoms with Crippen LogP contribution in [0.4, 0.5) is 5.69 Å². The number of carbonyl (C=O) groups is 1. The predicted molar refractivity (Wildman–Crippen MR) is 109 cm³/mol. The summed E-state index contributed by atoms with van der Waals surface area (Å²) in [5.41, 5.74) is 0.686. The van der Waals surface area contributed by atoms with Gasteiger partial charge in [0.1, 0.15) is 0 Å². The third kappa shape index (κ3) is 4.19. The second-order valence-electron chi connectivity index (χ2n) is 6.93. The Bertz CT molecular complexity index is 1040. The van der Waals surface area contributed by atoms with Crippen LogP contribution < -0.4 is 14.8 Å². The van der Waals surface area contributed by atoms with Gasteiger partial charge in [-0.25, -0.2) is 8.42 Å². The Labute approximate surface area is 174 Å². The summed E-state index contributed by atoms with van der Waals surface area (Å²) in [4.78, 5) is 12.9. The summed E-state index contributed by atoms with van der Waals surface area (Å²) in [6.45, 7) is 2.02. The Morgan fingerprint density at radius 2 is 1.79 bits per heavy atom. The number of hydrogen-bond donors (Lipinski definition) is 1. The molecule has 1 saturated heterocycles. The van der Waals surface area contributed by atoms with E-state index in [1.807, 2.05) is 0 Å². The molecule has 0 spiro atoms. The van der Waals surface area contributed by atoms with Gasteiger partial charge in [0.25, 0.3) is 5.91 Å². The Kier molecular flexibility index (Phi) is 5.67. The van der Waals surface area contributed by atoms with Crippen LogP contribution in [0.5, 0.6) is 11.5 Å². The van der Waals surface area contributed by atoms with Crippen LogP contribution in [0.1, 0.15) is 29.6 Å². The zero-order valence-corrected chi connectivity index (χ0v) is 17.3. The fourth-order valence-electron chi connectivity index (χ4n) is 3.38. The number of amides is 1. The third-order valence-corrected chi connectivity index (χ3v) is 7.03. The topological polar surface area (TPSA) is 84.9 Å². The average molecular weight is 437 g/mol. The molecule has 0 aromatic heterocycles. The standard InChI is InChI=1S/C20H21ClN2O5S/c21-17-11-14(12-18-19(17)28-10-4-9-27-18)20(24)22-15-5-3-6-16(13-15)29(25,26)23-7-1-2-8-23/h3,5-6,11-13H,1-2,4,7-10H2,(H,22,24). The number of fused-ring (bicyclic) bond motifs is 1. The monoisotopic (exact) mass is 436 g/mol. The van der Waals surface area contributed by atoms with Crippen molar-refractivity contribution in [3.05, 3.63) is 47.0 Å². The molecule has 2 heterocycles. The highest BCUT2D eigenvalue weighted by atomic mass is 35.5. The summed E-state index contributed by atoms with van der Waals surface area (Å²) in [5, 5.41) is 3.03. The van der Waals surface area contributed by atoms with Crippen molar-refractivity contribution < 1.29 is 22.7 Å². The van der Waals surface area contributed by atoms with Crippen molar-refractivity contribution >= 4 is 33.2 Å². The largest absolute Gasteiger partial charge is 0.489 e. The van der Waals surface area contributed by atoms with Gasteiger partial charge >= 0.3 is 0 Å². The second-order valence-corrected chi connectivity index (χ2v) is 9.27. The predicted octanol–water partition coefficient (Wildman–Crippen LogP) is 3.54. The SMILES string of the molecule is O=C(Nc1cccc(S(=O)(=O)N2CCCC2)c1)c1cc(Cl)c2c(c1)OCCCO2. The molecule has 1 N–H and O–H groups in total. The third-order valence-electron chi connectivity index (χ3n) is 4.86.